The van der Waals surface area contributed by atoms with Crippen LogP contribution in [0, 0.1) is 11.3 Å². The summed E-state index contributed by atoms with van der Waals surface area (Å²) in [5.41, 5.74) is 0.309. The minimum absolute atomic E-state index is 0.309. The van der Waals surface area contributed by atoms with Gasteiger partial charge in [0.05, 0.1) is 39.2 Å². The summed E-state index contributed by atoms with van der Waals surface area (Å²) in [4.78, 5) is 22.9. The molecule has 0 radical (unpaired) electrons. The summed E-state index contributed by atoms with van der Waals surface area (Å²) in [6.07, 6.45) is -8.40. The summed E-state index contributed by atoms with van der Waals surface area (Å²) in [5.74, 6) is -3.78. The van der Waals surface area contributed by atoms with Gasteiger partial charge in [0.25, 0.3) is 0 Å². The smallest absolute Gasteiger partial charge is 0.475 e. The second-order valence-corrected chi connectivity index (χ2v) is 8.32. The highest BCUT2D eigenvalue weighted by Crippen LogP contribution is 2.42. The van der Waals surface area contributed by atoms with Crippen LogP contribution in [0.25, 0.3) is 0 Å². The highest BCUT2D eigenvalue weighted by Gasteiger charge is 2.51. The standard InChI is InChI=1S/C16H24N2O3.2C2HF3O2/c1-2-15(21-5-1)9-18-8-14-10-20-13-16(14,12-18)11-17-3-6-19-7-4-17;2*3-2(4,5)1(6)7/h1-2,5,14H,3-4,6-13H2;2*(H,6,7)/t14-,16+;;/m1../s1. The average Bonchev–Trinajstić information content (AvgIpc) is 3.45. The number of aliphatic carboxylic acids is 2. The number of hydrogen-bond acceptors (Lipinski definition) is 7. The Morgan fingerprint density at radius 3 is 2.06 bits per heavy atom. The number of nitrogens with zero attached hydrogens (tertiary/aromatic N) is 2. The molecule has 9 nitrogen and oxygen atoms in total. The number of ether oxygens (including phenoxy) is 2. The van der Waals surface area contributed by atoms with Gasteiger partial charge in [-0.3, -0.25) is 9.80 Å². The number of carbonyl (C=O) groups is 2. The van der Waals surface area contributed by atoms with Gasteiger partial charge in [0.1, 0.15) is 5.76 Å². The number of fused-ring (bicyclic) bond motifs is 1. The van der Waals surface area contributed by atoms with Crippen molar-refractivity contribution in [2.24, 2.45) is 11.3 Å². The van der Waals surface area contributed by atoms with Gasteiger partial charge in [0.15, 0.2) is 0 Å². The van der Waals surface area contributed by atoms with Crippen molar-refractivity contribution in [2.75, 3.05) is 59.2 Å². The van der Waals surface area contributed by atoms with Gasteiger partial charge in [-0.2, -0.15) is 26.3 Å². The van der Waals surface area contributed by atoms with Crippen LogP contribution in [0.3, 0.4) is 0 Å². The Hall–Kier alpha value is -2.36. The van der Waals surface area contributed by atoms with Crippen LogP contribution in [0.4, 0.5) is 26.3 Å². The van der Waals surface area contributed by atoms with Gasteiger partial charge in [-0.15, -0.1) is 0 Å². The number of likely N-dealkylation sites (tertiary alicyclic amines) is 1. The first-order chi connectivity index (χ1) is 16.2. The first-order valence-electron chi connectivity index (χ1n) is 10.5. The summed E-state index contributed by atoms with van der Waals surface area (Å²) in [6, 6.07) is 4.04. The van der Waals surface area contributed by atoms with Crippen molar-refractivity contribution in [2.45, 2.75) is 18.9 Å². The number of carboxylic acids is 2. The summed E-state index contributed by atoms with van der Waals surface area (Å²) in [6.45, 7) is 10.0. The van der Waals surface area contributed by atoms with E-state index >= 15 is 0 Å². The van der Waals surface area contributed by atoms with E-state index in [0.29, 0.717) is 11.3 Å². The predicted octanol–water partition coefficient (Wildman–Crippen LogP) is 2.33. The fourth-order valence-electron chi connectivity index (χ4n) is 4.11. The molecule has 4 rings (SSSR count). The van der Waals surface area contributed by atoms with Crippen LogP contribution in [0.1, 0.15) is 5.76 Å². The van der Waals surface area contributed by atoms with Crippen LogP contribution in [-0.2, 0) is 25.6 Å². The third kappa shape index (κ3) is 8.98. The van der Waals surface area contributed by atoms with Crippen molar-refractivity contribution >= 4 is 11.9 Å². The maximum Gasteiger partial charge on any atom is 0.490 e. The normalized spacial score (nSPS) is 25.1. The Morgan fingerprint density at radius 1 is 1.00 bits per heavy atom. The minimum atomic E-state index is -5.08. The van der Waals surface area contributed by atoms with Crippen LogP contribution in [0.2, 0.25) is 0 Å². The third-order valence-electron chi connectivity index (χ3n) is 5.68. The van der Waals surface area contributed by atoms with E-state index in [-0.39, 0.29) is 0 Å². The van der Waals surface area contributed by atoms with Crippen LogP contribution in [-0.4, -0.2) is 103 Å². The molecule has 200 valence electrons. The van der Waals surface area contributed by atoms with Gasteiger partial charge < -0.3 is 24.1 Å². The van der Waals surface area contributed by atoms with Crippen LogP contribution >= 0.6 is 0 Å². The number of rotatable bonds is 4. The molecule has 0 aliphatic carbocycles. The van der Waals surface area contributed by atoms with Crippen molar-refractivity contribution in [3.8, 4) is 0 Å². The van der Waals surface area contributed by atoms with Crippen molar-refractivity contribution in [3.63, 3.8) is 0 Å². The van der Waals surface area contributed by atoms with E-state index in [1.807, 2.05) is 6.07 Å². The maximum absolute atomic E-state index is 10.6. The molecule has 0 aromatic carbocycles. The number of morpholine rings is 1. The maximum atomic E-state index is 10.6. The summed E-state index contributed by atoms with van der Waals surface area (Å²) < 4.78 is 80.3. The molecule has 2 N–H and O–H groups in total. The molecular weight excluding hydrogens is 494 g/mol. The molecule has 1 aromatic heterocycles. The fourth-order valence-corrected chi connectivity index (χ4v) is 4.11. The molecule has 3 aliphatic rings. The monoisotopic (exact) mass is 520 g/mol. The van der Waals surface area contributed by atoms with E-state index in [4.69, 9.17) is 33.7 Å². The molecule has 15 heteroatoms. The zero-order valence-corrected chi connectivity index (χ0v) is 18.5. The lowest BCUT2D eigenvalue weighted by molar-refractivity contribution is -0.193. The van der Waals surface area contributed by atoms with Crippen LogP contribution in [0.15, 0.2) is 22.8 Å². The third-order valence-corrected chi connectivity index (χ3v) is 5.68. The molecular formula is C20H26F6N2O7. The van der Waals surface area contributed by atoms with Gasteiger partial charge in [-0.05, 0) is 12.1 Å². The van der Waals surface area contributed by atoms with Gasteiger partial charge in [0, 0.05) is 44.1 Å². The molecule has 3 saturated heterocycles. The number of furan rings is 1. The lowest BCUT2D eigenvalue weighted by Gasteiger charge is -2.36. The van der Waals surface area contributed by atoms with Gasteiger partial charge >= 0.3 is 24.3 Å². The lowest BCUT2D eigenvalue weighted by Crippen LogP contribution is -2.47. The zero-order valence-electron chi connectivity index (χ0n) is 18.5. The number of halogens is 6. The highest BCUT2D eigenvalue weighted by molar-refractivity contribution is 5.73. The minimum Gasteiger partial charge on any atom is -0.475 e. The van der Waals surface area contributed by atoms with E-state index in [0.717, 1.165) is 71.5 Å². The second-order valence-electron chi connectivity index (χ2n) is 8.32. The molecule has 0 bridgehead atoms. The lowest BCUT2D eigenvalue weighted by atomic mass is 9.80. The summed E-state index contributed by atoms with van der Waals surface area (Å²) in [7, 11) is 0. The molecule has 35 heavy (non-hydrogen) atoms. The molecule has 2 atom stereocenters. The number of hydrogen-bond donors (Lipinski definition) is 2. The van der Waals surface area contributed by atoms with Crippen molar-refractivity contribution < 1.29 is 60.0 Å². The van der Waals surface area contributed by atoms with E-state index in [1.165, 1.54) is 0 Å². The van der Waals surface area contributed by atoms with Crippen molar-refractivity contribution in [1.82, 2.24) is 9.80 Å². The van der Waals surface area contributed by atoms with E-state index in [9.17, 15) is 26.3 Å². The summed E-state index contributed by atoms with van der Waals surface area (Å²) in [5, 5.41) is 14.2. The van der Waals surface area contributed by atoms with Crippen molar-refractivity contribution in [1.29, 1.82) is 0 Å². The van der Waals surface area contributed by atoms with Crippen molar-refractivity contribution in [3.05, 3.63) is 24.2 Å². The average molecular weight is 520 g/mol. The van der Waals surface area contributed by atoms with Gasteiger partial charge in [0.2, 0.25) is 0 Å². The topological polar surface area (TPSA) is 113 Å². The number of carboxylic acid groups (broad SMARTS) is 2. The first-order valence-corrected chi connectivity index (χ1v) is 10.5. The Labute approximate surface area is 196 Å². The number of alkyl halides is 6. The predicted molar refractivity (Wildman–Crippen MR) is 105 cm³/mol. The molecule has 3 fully saturated rings. The molecule has 0 amide bonds. The van der Waals surface area contributed by atoms with Gasteiger partial charge in [-0.25, -0.2) is 9.59 Å². The summed E-state index contributed by atoms with van der Waals surface area (Å²) >= 11 is 0. The molecule has 1 aromatic rings. The molecule has 0 spiro atoms. The first kappa shape index (κ1) is 28.9. The SMILES string of the molecule is O=C(O)C(F)(F)F.O=C(O)C(F)(F)F.c1coc(CN2C[C@@H]3COC[C@]3(CN3CCOCC3)C2)c1. The Bertz CT molecular complexity index is 788. The largest absolute Gasteiger partial charge is 0.490 e. The molecule has 0 unspecified atom stereocenters. The molecule has 0 saturated carbocycles. The quantitative estimate of drug-likeness (QED) is 0.578. The van der Waals surface area contributed by atoms with Gasteiger partial charge in [-0.1, -0.05) is 0 Å². The van der Waals surface area contributed by atoms with E-state index in [1.54, 1.807) is 6.26 Å². The van der Waals surface area contributed by atoms with Crippen LogP contribution < -0.4 is 0 Å². The highest BCUT2D eigenvalue weighted by atomic mass is 19.4. The zero-order chi connectivity index (χ0) is 26.3. The van der Waals surface area contributed by atoms with E-state index < -0.39 is 24.3 Å². The Morgan fingerprint density at radius 2 is 1.57 bits per heavy atom. The fraction of sp³-hybridized carbons (Fsp3) is 0.700. The molecule has 3 aliphatic heterocycles. The second kappa shape index (κ2) is 12.1. The Kier molecular flexibility index (Phi) is 9.94. The van der Waals surface area contributed by atoms with Crippen LogP contribution in [0.5, 0.6) is 0 Å². The molecule has 4 heterocycles. The van der Waals surface area contributed by atoms with E-state index in [2.05, 4.69) is 15.9 Å². The Balaban J connectivity index is 0.000000257.